The quantitative estimate of drug-likeness (QED) is 0.861. The van der Waals surface area contributed by atoms with Gasteiger partial charge in [0.05, 0.1) is 0 Å². The lowest BCUT2D eigenvalue weighted by Gasteiger charge is -2.33. The van der Waals surface area contributed by atoms with E-state index in [1.54, 1.807) is 0 Å². The van der Waals surface area contributed by atoms with Crippen molar-refractivity contribution < 1.29 is 9.59 Å². The maximum absolute atomic E-state index is 12.1. The number of hydrogen-bond donors (Lipinski definition) is 1. The summed E-state index contributed by atoms with van der Waals surface area (Å²) >= 11 is 0. The van der Waals surface area contributed by atoms with E-state index in [1.807, 2.05) is 32.7 Å². The Morgan fingerprint density at radius 2 is 1.70 bits per heavy atom. The monoisotopic (exact) mass is 282 g/mol. The van der Waals surface area contributed by atoms with Crippen LogP contribution in [0, 0.1) is 11.3 Å². The van der Waals surface area contributed by atoms with Gasteiger partial charge in [-0.3, -0.25) is 9.59 Å². The Balaban J connectivity index is 2.30. The number of carbonyl (C=O) groups is 2. The van der Waals surface area contributed by atoms with Crippen LogP contribution in [0.1, 0.15) is 59.8 Å². The molecular formula is C16H30N2O2. The van der Waals surface area contributed by atoms with Crippen LogP contribution >= 0.6 is 0 Å². The van der Waals surface area contributed by atoms with E-state index in [9.17, 15) is 9.59 Å². The molecule has 0 atom stereocenters. The zero-order valence-corrected chi connectivity index (χ0v) is 13.7. The van der Waals surface area contributed by atoms with Gasteiger partial charge in [-0.1, -0.05) is 27.7 Å². The number of nitrogens with one attached hydrogen (secondary N) is 1. The molecule has 0 aromatic rings. The second kappa shape index (κ2) is 7.09. The Kier molecular flexibility index (Phi) is 6.03. The molecule has 0 aromatic heterocycles. The second-order valence-electron chi connectivity index (χ2n) is 7.17. The van der Waals surface area contributed by atoms with E-state index in [4.69, 9.17) is 0 Å². The first kappa shape index (κ1) is 17.0. The molecular weight excluding hydrogens is 252 g/mol. The first-order valence-corrected chi connectivity index (χ1v) is 7.75. The Bertz CT molecular complexity index is 339. The summed E-state index contributed by atoms with van der Waals surface area (Å²) < 4.78 is 0. The Hall–Kier alpha value is -1.06. The van der Waals surface area contributed by atoms with Crippen LogP contribution in [0.3, 0.4) is 0 Å². The standard InChI is InChI=1S/C16H30N2O2/c1-12-6-8-13(9-7-12)18(5)14(19)10-11-17-15(20)16(2,3)4/h12-13H,6-11H2,1-5H3,(H,17,20). The normalized spacial score (nSPS) is 23.2. The molecule has 4 nitrogen and oxygen atoms in total. The third kappa shape index (κ3) is 5.14. The van der Waals surface area contributed by atoms with Crippen LogP contribution in [-0.2, 0) is 9.59 Å². The van der Waals surface area contributed by atoms with E-state index in [2.05, 4.69) is 12.2 Å². The van der Waals surface area contributed by atoms with Crippen molar-refractivity contribution in [3.8, 4) is 0 Å². The molecule has 0 unspecified atom stereocenters. The van der Waals surface area contributed by atoms with Crippen LogP contribution in [0.5, 0.6) is 0 Å². The fourth-order valence-electron chi connectivity index (χ4n) is 2.56. The van der Waals surface area contributed by atoms with Gasteiger partial charge < -0.3 is 10.2 Å². The van der Waals surface area contributed by atoms with Crippen LogP contribution in [-0.4, -0.2) is 36.3 Å². The summed E-state index contributed by atoms with van der Waals surface area (Å²) in [6.07, 6.45) is 5.03. The summed E-state index contributed by atoms with van der Waals surface area (Å²) in [6.45, 7) is 8.33. The minimum atomic E-state index is -0.394. The average molecular weight is 282 g/mol. The molecule has 2 amide bonds. The SMILES string of the molecule is CC1CCC(N(C)C(=O)CCNC(=O)C(C)(C)C)CC1. The zero-order chi connectivity index (χ0) is 15.3. The van der Waals surface area contributed by atoms with Gasteiger partial charge in [0.2, 0.25) is 11.8 Å². The molecule has 0 aliphatic heterocycles. The van der Waals surface area contributed by atoms with E-state index in [0.717, 1.165) is 18.8 Å². The highest BCUT2D eigenvalue weighted by Gasteiger charge is 2.25. The Labute approximate surface area is 123 Å². The first-order valence-electron chi connectivity index (χ1n) is 7.75. The van der Waals surface area contributed by atoms with Crippen molar-refractivity contribution in [1.29, 1.82) is 0 Å². The smallest absolute Gasteiger partial charge is 0.225 e. The van der Waals surface area contributed by atoms with Crippen LogP contribution in [0.4, 0.5) is 0 Å². The molecule has 1 saturated carbocycles. The molecule has 20 heavy (non-hydrogen) atoms. The van der Waals surface area contributed by atoms with Crippen molar-refractivity contribution in [1.82, 2.24) is 10.2 Å². The van der Waals surface area contributed by atoms with Gasteiger partial charge in [0.25, 0.3) is 0 Å². The van der Waals surface area contributed by atoms with Crippen LogP contribution in [0.15, 0.2) is 0 Å². The van der Waals surface area contributed by atoms with Crippen LogP contribution in [0.25, 0.3) is 0 Å². The Morgan fingerprint density at radius 1 is 1.15 bits per heavy atom. The van der Waals surface area contributed by atoms with Crippen molar-refractivity contribution in [2.75, 3.05) is 13.6 Å². The van der Waals surface area contributed by atoms with E-state index in [-0.39, 0.29) is 11.8 Å². The summed E-state index contributed by atoms with van der Waals surface area (Å²) in [7, 11) is 1.90. The van der Waals surface area contributed by atoms with Gasteiger partial charge in [-0.15, -0.1) is 0 Å². The molecule has 1 aliphatic rings. The van der Waals surface area contributed by atoms with Crippen molar-refractivity contribution >= 4 is 11.8 Å². The number of hydrogen-bond acceptors (Lipinski definition) is 2. The lowest BCUT2D eigenvalue weighted by atomic mass is 9.86. The Morgan fingerprint density at radius 3 is 2.20 bits per heavy atom. The molecule has 1 aliphatic carbocycles. The maximum Gasteiger partial charge on any atom is 0.225 e. The number of carbonyl (C=O) groups excluding carboxylic acids is 2. The zero-order valence-electron chi connectivity index (χ0n) is 13.7. The average Bonchev–Trinajstić information content (AvgIpc) is 2.37. The van der Waals surface area contributed by atoms with Crippen molar-refractivity contribution in [3.63, 3.8) is 0 Å². The van der Waals surface area contributed by atoms with Gasteiger partial charge in [0.1, 0.15) is 0 Å². The second-order valence-corrected chi connectivity index (χ2v) is 7.17. The molecule has 0 aromatic carbocycles. The molecule has 1 fully saturated rings. The lowest BCUT2D eigenvalue weighted by molar-refractivity contribution is -0.133. The summed E-state index contributed by atoms with van der Waals surface area (Å²) in [5.41, 5.74) is -0.394. The predicted molar refractivity (Wildman–Crippen MR) is 81.3 cm³/mol. The van der Waals surface area contributed by atoms with Gasteiger partial charge in [-0.05, 0) is 31.6 Å². The fraction of sp³-hybridized carbons (Fsp3) is 0.875. The van der Waals surface area contributed by atoms with Gasteiger partial charge >= 0.3 is 0 Å². The van der Waals surface area contributed by atoms with Gasteiger partial charge in [-0.2, -0.15) is 0 Å². The van der Waals surface area contributed by atoms with Crippen LogP contribution in [0.2, 0.25) is 0 Å². The summed E-state index contributed by atoms with van der Waals surface area (Å²) in [4.78, 5) is 25.7. The highest BCUT2D eigenvalue weighted by molar-refractivity contribution is 5.82. The largest absolute Gasteiger partial charge is 0.355 e. The molecule has 0 spiro atoms. The predicted octanol–water partition coefficient (Wildman–Crippen LogP) is 2.58. The highest BCUT2D eigenvalue weighted by Crippen LogP contribution is 2.26. The summed E-state index contributed by atoms with van der Waals surface area (Å²) in [5, 5.41) is 2.83. The summed E-state index contributed by atoms with van der Waals surface area (Å²) in [6, 6.07) is 0.386. The van der Waals surface area contributed by atoms with E-state index < -0.39 is 5.41 Å². The first-order chi connectivity index (χ1) is 9.21. The molecule has 0 bridgehead atoms. The topological polar surface area (TPSA) is 49.4 Å². The molecule has 1 rings (SSSR count). The third-order valence-electron chi connectivity index (χ3n) is 4.23. The molecule has 0 saturated heterocycles. The van der Waals surface area contributed by atoms with Gasteiger partial charge in [0, 0.05) is 31.5 Å². The molecule has 0 radical (unpaired) electrons. The summed E-state index contributed by atoms with van der Waals surface area (Å²) in [5.74, 6) is 0.930. The minimum absolute atomic E-state index is 0.000515. The van der Waals surface area contributed by atoms with Crippen molar-refractivity contribution in [3.05, 3.63) is 0 Å². The van der Waals surface area contributed by atoms with Crippen molar-refractivity contribution in [2.24, 2.45) is 11.3 Å². The van der Waals surface area contributed by atoms with Gasteiger partial charge in [-0.25, -0.2) is 0 Å². The molecule has 0 heterocycles. The third-order valence-corrected chi connectivity index (χ3v) is 4.23. The van der Waals surface area contributed by atoms with Crippen LogP contribution < -0.4 is 5.32 Å². The van der Waals surface area contributed by atoms with Crippen molar-refractivity contribution in [2.45, 2.75) is 65.8 Å². The maximum atomic E-state index is 12.1. The molecule has 1 N–H and O–H groups in total. The fourth-order valence-corrected chi connectivity index (χ4v) is 2.56. The number of amides is 2. The number of rotatable bonds is 4. The lowest BCUT2D eigenvalue weighted by Crippen LogP contribution is -2.41. The van der Waals surface area contributed by atoms with E-state index >= 15 is 0 Å². The van der Waals surface area contributed by atoms with E-state index in [1.165, 1.54) is 12.8 Å². The van der Waals surface area contributed by atoms with E-state index in [0.29, 0.717) is 19.0 Å². The minimum Gasteiger partial charge on any atom is -0.355 e. The molecule has 116 valence electrons. The number of nitrogens with zero attached hydrogens (tertiary/aromatic N) is 1. The van der Waals surface area contributed by atoms with Gasteiger partial charge in [0.15, 0.2) is 0 Å². The molecule has 4 heteroatoms. The highest BCUT2D eigenvalue weighted by atomic mass is 16.2.